The van der Waals surface area contributed by atoms with E-state index in [1.54, 1.807) is 24.1 Å². The predicted octanol–water partition coefficient (Wildman–Crippen LogP) is 2.36. The van der Waals surface area contributed by atoms with Crippen LogP contribution in [-0.2, 0) is 6.54 Å². The molecular formula is C20H19N3O4. The molecule has 27 heavy (non-hydrogen) atoms. The Hall–Kier alpha value is -3.35. The number of nitrogens with one attached hydrogen (secondary N) is 1. The Morgan fingerprint density at radius 2 is 2.07 bits per heavy atom. The highest BCUT2D eigenvalue weighted by Crippen LogP contribution is 2.33. The second kappa shape index (κ2) is 7.11. The quantitative estimate of drug-likeness (QED) is 0.754. The summed E-state index contributed by atoms with van der Waals surface area (Å²) >= 11 is 0. The molecule has 0 spiro atoms. The van der Waals surface area contributed by atoms with Crippen LogP contribution in [0.5, 0.6) is 11.5 Å². The minimum absolute atomic E-state index is 0.0976. The summed E-state index contributed by atoms with van der Waals surface area (Å²) in [6, 6.07) is 12.7. The van der Waals surface area contributed by atoms with Gasteiger partial charge in [0.2, 0.25) is 0 Å². The molecule has 2 aromatic carbocycles. The smallest absolute Gasteiger partial charge is 0.280 e. The third-order valence-electron chi connectivity index (χ3n) is 4.55. The van der Waals surface area contributed by atoms with E-state index in [1.807, 2.05) is 30.3 Å². The van der Waals surface area contributed by atoms with Gasteiger partial charge in [-0.05, 0) is 24.6 Å². The molecule has 0 saturated heterocycles. The summed E-state index contributed by atoms with van der Waals surface area (Å²) in [5, 5.41) is 0. The number of ether oxygens (including phenoxy) is 2. The van der Waals surface area contributed by atoms with Gasteiger partial charge in [-0.25, -0.2) is 4.98 Å². The van der Waals surface area contributed by atoms with Crippen LogP contribution < -0.4 is 15.0 Å². The van der Waals surface area contributed by atoms with Gasteiger partial charge in [0.25, 0.3) is 11.5 Å². The SMILES string of the molecule is COc1cccc2c1OCCCN(C(=O)c1nc3ccccc3[nH]c1=O)C2. The van der Waals surface area contributed by atoms with Crippen LogP contribution in [0.2, 0.25) is 0 Å². The van der Waals surface area contributed by atoms with Crippen molar-refractivity contribution in [3.63, 3.8) is 0 Å². The third-order valence-corrected chi connectivity index (χ3v) is 4.55. The molecule has 0 radical (unpaired) electrons. The summed E-state index contributed by atoms with van der Waals surface area (Å²) in [6.07, 6.45) is 0.648. The molecule has 1 aliphatic heterocycles. The van der Waals surface area contributed by atoms with E-state index in [0.29, 0.717) is 48.6 Å². The Labute approximate surface area is 155 Å². The number of H-pyrrole nitrogens is 1. The average Bonchev–Trinajstić information content (AvgIpc) is 2.67. The van der Waals surface area contributed by atoms with E-state index < -0.39 is 11.5 Å². The summed E-state index contributed by atoms with van der Waals surface area (Å²) in [7, 11) is 1.58. The first kappa shape index (κ1) is 17.1. The molecule has 2 heterocycles. The third kappa shape index (κ3) is 3.23. The van der Waals surface area contributed by atoms with Crippen LogP contribution in [0.4, 0.5) is 0 Å². The fourth-order valence-corrected chi connectivity index (χ4v) is 3.22. The first-order valence-electron chi connectivity index (χ1n) is 8.74. The molecule has 0 aliphatic carbocycles. The summed E-state index contributed by atoms with van der Waals surface area (Å²) in [5.41, 5.74) is 1.44. The van der Waals surface area contributed by atoms with Crippen molar-refractivity contribution in [1.29, 1.82) is 0 Å². The fraction of sp³-hybridized carbons (Fsp3) is 0.250. The number of amides is 1. The topological polar surface area (TPSA) is 84.5 Å². The zero-order valence-corrected chi connectivity index (χ0v) is 14.9. The largest absolute Gasteiger partial charge is 0.493 e. The summed E-state index contributed by atoms with van der Waals surface area (Å²) in [5.74, 6) is 0.874. The van der Waals surface area contributed by atoms with Crippen molar-refractivity contribution in [3.8, 4) is 11.5 Å². The summed E-state index contributed by atoms with van der Waals surface area (Å²) in [4.78, 5) is 34.1. The highest BCUT2D eigenvalue weighted by molar-refractivity contribution is 5.93. The first-order chi connectivity index (χ1) is 13.2. The van der Waals surface area contributed by atoms with Gasteiger partial charge in [0.05, 0.1) is 24.8 Å². The number of hydrogen-bond acceptors (Lipinski definition) is 5. The molecule has 1 amide bonds. The van der Waals surface area contributed by atoms with Crippen molar-refractivity contribution < 1.29 is 14.3 Å². The van der Waals surface area contributed by atoms with Crippen LogP contribution in [0.15, 0.2) is 47.3 Å². The molecule has 1 aromatic heterocycles. The highest BCUT2D eigenvalue weighted by Gasteiger charge is 2.24. The Balaban J connectivity index is 1.71. The van der Waals surface area contributed by atoms with Crippen molar-refractivity contribution in [3.05, 3.63) is 64.1 Å². The summed E-state index contributed by atoms with van der Waals surface area (Å²) < 4.78 is 11.2. The van der Waals surface area contributed by atoms with Crippen LogP contribution in [0.3, 0.4) is 0 Å². The number of aromatic amines is 1. The zero-order chi connectivity index (χ0) is 18.8. The number of fused-ring (bicyclic) bond motifs is 2. The maximum atomic E-state index is 13.1. The molecule has 1 N–H and O–H groups in total. The number of nitrogens with zero attached hydrogens (tertiary/aromatic N) is 2. The molecule has 0 bridgehead atoms. The van der Waals surface area contributed by atoms with Crippen LogP contribution in [0.25, 0.3) is 11.0 Å². The maximum Gasteiger partial charge on any atom is 0.280 e. The van der Waals surface area contributed by atoms with Gasteiger partial charge in [-0.2, -0.15) is 0 Å². The average molecular weight is 365 g/mol. The Morgan fingerprint density at radius 3 is 2.93 bits per heavy atom. The second-order valence-electron chi connectivity index (χ2n) is 6.31. The van der Waals surface area contributed by atoms with Gasteiger partial charge in [0.15, 0.2) is 17.2 Å². The molecular weight excluding hydrogens is 346 g/mol. The number of aromatic nitrogens is 2. The first-order valence-corrected chi connectivity index (χ1v) is 8.74. The Kier molecular flexibility index (Phi) is 4.50. The highest BCUT2D eigenvalue weighted by atomic mass is 16.5. The lowest BCUT2D eigenvalue weighted by Gasteiger charge is -2.27. The molecule has 3 aromatic rings. The number of methoxy groups -OCH3 is 1. The molecule has 0 unspecified atom stereocenters. The van der Waals surface area contributed by atoms with E-state index in [-0.39, 0.29) is 5.69 Å². The van der Waals surface area contributed by atoms with E-state index in [0.717, 1.165) is 5.56 Å². The number of carbonyl (C=O) groups excluding carboxylic acids is 1. The normalized spacial score (nSPS) is 14.0. The van der Waals surface area contributed by atoms with E-state index in [4.69, 9.17) is 9.47 Å². The predicted molar refractivity (Wildman–Crippen MR) is 100 cm³/mol. The summed E-state index contributed by atoms with van der Waals surface area (Å²) in [6.45, 7) is 1.25. The van der Waals surface area contributed by atoms with Gasteiger partial charge >= 0.3 is 0 Å². The molecule has 7 heteroatoms. The minimum Gasteiger partial charge on any atom is -0.493 e. The van der Waals surface area contributed by atoms with E-state index >= 15 is 0 Å². The van der Waals surface area contributed by atoms with Crippen LogP contribution in [0.1, 0.15) is 22.5 Å². The molecule has 7 nitrogen and oxygen atoms in total. The van der Waals surface area contributed by atoms with Crippen molar-refractivity contribution in [2.75, 3.05) is 20.3 Å². The standard InChI is InChI=1S/C20H19N3O4/c1-26-16-9-4-6-13-12-23(10-5-11-27-18(13)16)20(25)17-19(24)22-15-8-3-2-7-14(15)21-17/h2-4,6-9H,5,10-12H2,1H3,(H,22,24). The monoisotopic (exact) mass is 365 g/mol. The van der Waals surface area contributed by atoms with Gasteiger partial charge in [-0.3, -0.25) is 9.59 Å². The second-order valence-corrected chi connectivity index (χ2v) is 6.31. The van der Waals surface area contributed by atoms with Crippen molar-refractivity contribution in [2.24, 2.45) is 0 Å². The van der Waals surface area contributed by atoms with Crippen LogP contribution in [0, 0.1) is 0 Å². The lowest BCUT2D eigenvalue weighted by Crippen LogP contribution is -2.37. The van der Waals surface area contributed by atoms with Crippen LogP contribution >= 0.6 is 0 Å². The lowest BCUT2D eigenvalue weighted by atomic mass is 10.1. The van der Waals surface area contributed by atoms with Crippen molar-refractivity contribution in [2.45, 2.75) is 13.0 Å². The number of benzene rings is 2. The van der Waals surface area contributed by atoms with Crippen molar-refractivity contribution >= 4 is 16.9 Å². The lowest BCUT2D eigenvalue weighted by molar-refractivity contribution is 0.0713. The molecule has 4 rings (SSSR count). The number of hydrogen-bond donors (Lipinski definition) is 1. The van der Waals surface area contributed by atoms with Gasteiger partial charge in [-0.15, -0.1) is 0 Å². The van der Waals surface area contributed by atoms with Gasteiger partial charge in [-0.1, -0.05) is 24.3 Å². The molecule has 0 fully saturated rings. The molecule has 0 atom stereocenters. The Bertz CT molecular complexity index is 1060. The van der Waals surface area contributed by atoms with Gasteiger partial charge in [0.1, 0.15) is 0 Å². The number of para-hydroxylation sites is 3. The van der Waals surface area contributed by atoms with Gasteiger partial charge in [0, 0.05) is 18.7 Å². The van der Waals surface area contributed by atoms with E-state index in [9.17, 15) is 9.59 Å². The Morgan fingerprint density at radius 1 is 1.22 bits per heavy atom. The van der Waals surface area contributed by atoms with E-state index in [2.05, 4.69) is 9.97 Å². The van der Waals surface area contributed by atoms with E-state index in [1.165, 1.54) is 0 Å². The number of rotatable bonds is 2. The van der Waals surface area contributed by atoms with Crippen LogP contribution in [-0.4, -0.2) is 41.0 Å². The molecule has 0 saturated carbocycles. The minimum atomic E-state index is -0.483. The fourth-order valence-electron chi connectivity index (χ4n) is 3.22. The zero-order valence-electron chi connectivity index (χ0n) is 14.9. The molecule has 1 aliphatic rings. The maximum absolute atomic E-state index is 13.1. The molecule has 138 valence electrons. The van der Waals surface area contributed by atoms with Gasteiger partial charge < -0.3 is 19.4 Å². The number of carbonyl (C=O) groups is 1. The van der Waals surface area contributed by atoms with Crippen molar-refractivity contribution in [1.82, 2.24) is 14.9 Å².